The predicted molar refractivity (Wildman–Crippen MR) is 172 cm³/mol. The van der Waals surface area contributed by atoms with Gasteiger partial charge in [0.2, 0.25) is 0 Å². The van der Waals surface area contributed by atoms with Gasteiger partial charge in [0.1, 0.15) is 0 Å². The largest absolute Gasteiger partial charge is 0.321 e. The van der Waals surface area contributed by atoms with Crippen molar-refractivity contribution < 1.29 is 14.4 Å². The third-order valence-electron chi connectivity index (χ3n) is 7.53. The SMILES string of the molecule is Cc1cc(C)c(NC(=O)c2cccc(C(=O)Nc3c(C)cc(C)cc3C)c2C(=O)Nc2c(C)cc(C)cc2C)c(C)c1. The van der Waals surface area contributed by atoms with Gasteiger partial charge < -0.3 is 16.0 Å². The number of rotatable bonds is 6. The molecule has 0 aliphatic rings. The fourth-order valence-corrected chi connectivity index (χ4v) is 5.84. The smallest absolute Gasteiger partial charge is 0.257 e. The monoisotopic (exact) mass is 561 g/mol. The third-order valence-corrected chi connectivity index (χ3v) is 7.53. The second-order valence-corrected chi connectivity index (χ2v) is 11.4. The average molecular weight is 562 g/mol. The second kappa shape index (κ2) is 12.0. The van der Waals surface area contributed by atoms with Crippen LogP contribution >= 0.6 is 0 Å². The number of hydrogen-bond donors (Lipinski definition) is 3. The van der Waals surface area contributed by atoms with Crippen molar-refractivity contribution >= 4 is 34.8 Å². The summed E-state index contributed by atoms with van der Waals surface area (Å²) in [5, 5.41) is 9.00. The Balaban J connectivity index is 1.82. The van der Waals surface area contributed by atoms with E-state index in [0.717, 1.165) is 50.1 Å². The van der Waals surface area contributed by atoms with Crippen LogP contribution in [0.1, 0.15) is 81.1 Å². The number of carbonyl (C=O) groups is 3. The molecule has 4 aromatic carbocycles. The molecule has 4 aromatic rings. The fourth-order valence-electron chi connectivity index (χ4n) is 5.84. The highest BCUT2D eigenvalue weighted by atomic mass is 16.2. The van der Waals surface area contributed by atoms with Crippen LogP contribution in [0.5, 0.6) is 0 Å². The van der Waals surface area contributed by atoms with E-state index in [2.05, 4.69) is 16.0 Å². The molecule has 3 N–H and O–H groups in total. The predicted octanol–water partition coefficient (Wildman–Crippen LogP) is 8.22. The normalized spacial score (nSPS) is 10.8. The van der Waals surface area contributed by atoms with Crippen molar-refractivity contribution in [1.29, 1.82) is 0 Å². The van der Waals surface area contributed by atoms with E-state index in [-0.39, 0.29) is 16.7 Å². The van der Waals surface area contributed by atoms with Crippen LogP contribution in [0.2, 0.25) is 0 Å². The van der Waals surface area contributed by atoms with Gasteiger partial charge in [-0.3, -0.25) is 14.4 Å². The van der Waals surface area contributed by atoms with Gasteiger partial charge in [0.05, 0.1) is 16.7 Å². The lowest BCUT2D eigenvalue weighted by Crippen LogP contribution is -2.26. The van der Waals surface area contributed by atoms with E-state index >= 15 is 0 Å². The highest BCUT2D eigenvalue weighted by molar-refractivity contribution is 6.22. The maximum atomic E-state index is 14.0. The molecule has 0 aromatic heterocycles. The van der Waals surface area contributed by atoms with Crippen LogP contribution in [-0.4, -0.2) is 17.7 Å². The Morgan fingerprint density at radius 3 is 0.976 bits per heavy atom. The van der Waals surface area contributed by atoms with E-state index in [9.17, 15) is 14.4 Å². The zero-order chi connectivity index (χ0) is 30.9. The molecule has 0 saturated heterocycles. The van der Waals surface area contributed by atoms with Crippen molar-refractivity contribution in [3.8, 4) is 0 Å². The first-order valence-corrected chi connectivity index (χ1v) is 14.1. The summed E-state index contributed by atoms with van der Waals surface area (Å²) in [5.41, 5.74) is 11.0. The Kier molecular flexibility index (Phi) is 8.67. The van der Waals surface area contributed by atoms with Crippen LogP contribution in [0.25, 0.3) is 0 Å². The first kappa shape index (κ1) is 30.3. The van der Waals surface area contributed by atoms with Crippen LogP contribution in [0.3, 0.4) is 0 Å². The van der Waals surface area contributed by atoms with E-state index in [1.165, 1.54) is 0 Å². The number of aryl methyl sites for hydroxylation is 9. The molecule has 0 fully saturated rings. The Bertz CT molecular complexity index is 1590. The molecule has 6 nitrogen and oxygen atoms in total. The minimum atomic E-state index is -0.532. The van der Waals surface area contributed by atoms with Gasteiger partial charge in [-0.15, -0.1) is 0 Å². The minimum absolute atomic E-state index is 0.0108. The first-order chi connectivity index (χ1) is 19.8. The summed E-state index contributed by atoms with van der Waals surface area (Å²) in [5.74, 6) is -1.47. The maximum absolute atomic E-state index is 14.0. The number of nitrogens with one attached hydrogen (secondary N) is 3. The third kappa shape index (κ3) is 6.28. The molecule has 3 amide bonds. The average Bonchev–Trinajstić information content (AvgIpc) is 2.89. The number of anilines is 3. The Hall–Kier alpha value is -4.71. The maximum Gasteiger partial charge on any atom is 0.257 e. The van der Waals surface area contributed by atoms with Crippen LogP contribution < -0.4 is 16.0 Å². The number of carbonyl (C=O) groups excluding carboxylic acids is 3. The molecular formula is C36H39N3O3. The highest BCUT2D eigenvalue weighted by Gasteiger charge is 2.26. The lowest BCUT2D eigenvalue weighted by molar-refractivity contribution is 0.0978. The molecule has 4 rings (SSSR count). The Morgan fingerprint density at radius 1 is 0.429 bits per heavy atom. The van der Waals surface area contributed by atoms with E-state index in [0.29, 0.717) is 17.1 Å². The van der Waals surface area contributed by atoms with Gasteiger partial charge in [-0.1, -0.05) is 59.2 Å². The van der Waals surface area contributed by atoms with Crippen LogP contribution in [0.15, 0.2) is 54.6 Å². The molecule has 0 aliphatic carbocycles. The van der Waals surface area contributed by atoms with Crippen molar-refractivity contribution in [2.45, 2.75) is 62.3 Å². The van der Waals surface area contributed by atoms with E-state index in [1.54, 1.807) is 18.2 Å². The summed E-state index contributed by atoms with van der Waals surface area (Å²) < 4.78 is 0. The first-order valence-electron chi connectivity index (χ1n) is 14.1. The van der Waals surface area contributed by atoms with Gasteiger partial charge >= 0.3 is 0 Å². The minimum Gasteiger partial charge on any atom is -0.321 e. The molecule has 0 aliphatic heterocycles. The molecule has 6 heteroatoms. The van der Waals surface area contributed by atoms with E-state index in [1.807, 2.05) is 98.7 Å². The van der Waals surface area contributed by atoms with Crippen LogP contribution in [-0.2, 0) is 0 Å². The molecule has 0 unspecified atom stereocenters. The zero-order valence-electron chi connectivity index (χ0n) is 25.9. The van der Waals surface area contributed by atoms with Gasteiger partial charge in [0.15, 0.2) is 0 Å². The summed E-state index contributed by atoms with van der Waals surface area (Å²) in [6, 6.07) is 16.7. The molecular weight excluding hydrogens is 522 g/mol. The lowest BCUT2D eigenvalue weighted by Gasteiger charge is -2.19. The van der Waals surface area contributed by atoms with Crippen LogP contribution in [0, 0.1) is 62.3 Å². The van der Waals surface area contributed by atoms with Crippen molar-refractivity contribution in [3.63, 3.8) is 0 Å². The van der Waals surface area contributed by atoms with Crippen molar-refractivity contribution in [2.75, 3.05) is 16.0 Å². The fraction of sp³-hybridized carbons (Fsp3) is 0.250. The Morgan fingerprint density at radius 2 is 0.690 bits per heavy atom. The summed E-state index contributed by atoms with van der Waals surface area (Å²) >= 11 is 0. The van der Waals surface area contributed by atoms with Crippen molar-refractivity contribution in [1.82, 2.24) is 0 Å². The molecule has 0 radical (unpaired) electrons. The summed E-state index contributed by atoms with van der Waals surface area (Å²) in [6.45, 7) is 17.6. The number of benzene rings is 4. The molecule has 0 spiro atoms. The number of hydrogen-bond acceptors (Lipinski definition) is 3. The van der Waals surface area contributed by atoms with Crippen molar-refractivity contribution in [3.05, 3.63) is 121 Å². The summed E-state index contributed by atoms with van der Waals surface area (Å²) in [4.78, 5) is 41.7. The molecule has 0 bridgehead atoms. The Labute approximate surface area is 248 Å². The molecule has 0 atom stereocenters. The molecule has 0 heterocycles. The van der Waals surface area contributed by atoms with Gasteiger partial charge in [-0.05, 0) is 108 Å². The van der Waals surface area contributed by atoms with Gasteiger partial charge in [0.25, 0.3) is 17.7 Å². The van der Waals surface area contributed by atoms with E-state index in [4.69, 9.17) is 0 Å². The summed E-state index contributed by atoms with van der Waals surface area (Å²) in [7, 11) is 0. The van der Waals surface area contributed by atoms with Crippen LogP contribution in [0.4, 0.5) is 17.1 Å². The van der Waals surface area contributed by atoms with Gasteiger partial charge in [-0.2, -0.15) is 0 Å². The van der Waals surface area contributed by atoms with E-state index < -0.39 is 17.7 Å². The lowest BCUT2D eigenvalue weighted by atomic mass is 9.96. The molecule has 0 saturated carbocycles. The second-order valence-electron chi connectivity index (χ2n) is 11.4. The standard InChI is InChI=1S/C36H39N3O3/c1-19-13-22(4)31(23(5)14-19)37-34(40)28-11-10-12-29(35(41)38-32-24(6)15-20(2)16-25(32)7)30(28)36(42)39-33-26(8)17-21(3)18-27(33)9/h10-18H,1-9H3,(H,37,40)(H,38,41)(H,39,42). The topological polar surface area (TPSA) is 87.3 Å². The quantitative estimate of drug-likeness (QED) is 0.222. The van der Waals surface area contributed by atoms with Crippen molar-refractivity contribution in [2.24, 2.45) is 0 Å². The highest BCUT2D eigenvalue weighted by Crippen LogP contribution is 2.28. The van der Waals surface area contributed by atoms with Gasteiger partial charge in [0, 0.05) is 17.1 Å². The zero-order valence-corrected chi connectivity index (χ0v) is 25.9. The molecule has 216 valence electrons. The molecule has 42 heavy (non-hydrogen) atoms. The van der Waals surface area contributed by atoms with Gasteiger partial charge in [-0.25, -0.2) is 0 Å². The summed E-state index contributed by atoms with van der Waals surface area (Å²) in [6.07, 6.45) is 0. The number of amides is 3.